The smallest absolute Gasteiger partial charge is 0.224 e. The van der Waals surface area contributed by atoms with Crippen molar-refractivity contribution >= 4 is 17.5 Å². The van der Waals surface area contributed by atoms with Gasteiger partial charge in [-0.2, -0.15) is 0 Å². The van der Waals surface area contributed by atoms with Gasteiger partial charge in [-0.3, -0.25) is 4.79 Å². The highest BCUT2D eigenvalue weighted by molar-refractivity contribution is 6.19. The van der Waals surface area contributed by atoms with Crippen molar-refractivity contribution in [2.45, 2.75) is 38.1 Å². The van der Waals surface area contributed by atoms with Crippen LogP contribution in [0, 0.1) is 5.92 Å². The molecule has 82 valence electrons. The lowest BCUT2D eigenvalue weighted by atomic mass is 9.98. The molecule has 4 heteroatoms. The Morgan fingerprint density at radius 1 is 1.57 bits per heavy atom. The Labute approximate surface area is 89.8 Å². The Kier molecular flexibility index (Phi) is 4.20. The van der Waals surface area contributed by atoms with Crippen molar-refractivity contribution < 1.29 is 9.90 Å². The highest BCUT2D eigenvalue weighted by atomic mass is 35.5. The normalized spacial score (nSPS) is 21.9. The summed E-state index contributed by atoms with van der Waals surface area (Å²) in [6, 6.07) is 0. The first-order valence-corrected chi connectivity index (χ1v) is 5.66. The van der Waals surface area contributed by atoms with Crippen LogP contribution in [0.2, 0.25) is 0 Å². The van der Waals surface area contributed by atoms with Gasteiger partial charge in [0, 0.05) is 11.8 Å². The minimum atomic E-state index is -0.364. The summed E-state index contributed by atoms with van der Waals surface area (Å²) < 4.78 is 0. The molecule has 0 aliphatic heterocycles. The van der Waals surface area contributed by atoms with E-state index in [2.05, 4.69) is 5.32 Å². The van der Waals surface area contributed by atoms with Gasteiger partial charge in [0.25, 0.3) is 0 Å². The quantitative estimate of drug-likeness (QED) is 0.700. The third-order valence-corrected chi connectivity index (χ3v) is 3.39. The predicted octanol–water partition coefficient (Wildman–Crippen LogP) is 1.28. The Morgan fingerprint density at radius 3 is 2.57 bits per heavy atom. The van der Waals surface area contributed by atoms with Gasteiger partial charge in [0.15, 0.2) is 0 Å². The summed E-state index contributed by atoms with van der Waals surface area (Å²) in [4.78, 5) is 11.6. The number of carbonyl (C=O) groups is 1. The van der Waals surface area contributed by atoms with Crippen LogP contribution in [0.15, 0.2) is 0 Å². The van der Waals surface area contributed by atoms with Crippen LogP contribution in [0.25, 0.3) is 0 Å². The number of amides is 1. The SMILES string of the molecule is CC(CCl)C(=O)NC1(CO)CCCC1. The lowest BCUT2D eigenvalue weighted by molar-refractivity contribution is -0.126. The first kappa shape index (κ1) is 11.8. The average Bonchev–Trinajstić information content (AvgIpc) is 2.65. The predicted molar refractivity (Wildman–Crippen MR) is 56.3 cm³/mol. The molecule has 1 saturated carbocycles. The number of aliphatic hydroxyl groups is 1. The summed E-state index contributed by atoms with van der Waals surface area (Å²) in [5.74, 6) is 0.101. The number of aliphatic hydroxyl groups excluding tert-OH is 1. The summed E-state index contributed by atoms with van der Waals surface area (Å²) >= 11 is 5.60. The fourth-order valence-corrected chi connectivity index (χ4v) is 1.97. The van der Waals surface area contributed by atoms with Crippen molar-refractivity contribution in [1.29, 1.82) is 0 Å². The highest BCUT2D eigenvalue weighted by Gasteiger charge is 2.35. The van der Waals surface area contributed by atoms with Crippen LogP contribution in [-0.2, 0) is 4.79 Å². The minimum absolute atomic E-state index is 0.0355. The van der Waals surface area contributed by atoms with E-state index in [1.165, 1.54) is 0 Å². The van der Waals surface area contributed by atoms with Crippen LogP contribution in [0.4, 0.5) is 0 Å². The molecular weight excluding hydrogens is 202 g/mol. The maximum atomic E-state index is 11.6. The van der Waals surface area contributed by atoms with Crippen molar-refractivity contribution in [3.8, 4) is 0 Å². The molecule has 3 nitrogen and oxygen atoms in total. The van der Waals surface area contributed by atoms with Crippen LogP contribution in [-0.4, -0.2) is 29.0 Å². The number of rotatable bonds is 4. The number of hydrogen-bond acceptors (Lipinski definition) is 2. The van der Waals surface area contributed by atoms with Crippen LogP contribution < -0.4 is 5.32 Å². The first-order valence-electron chi connectivity index (χ1n) is 5.12. The van der Waals surface area contributed by atoms with Crippen LogP contribution >= 0.6 is 11.6 Å². The molecule has 0 spiro atoms. The van der Waals surface area contributed by atoms with Crippen molar-refractivity contribution in [3.63, 3.8) is 0 Å². The largest absolute Gasteiger partial charge is 0.394 e. The zero-order valence-corrected chi connectivity index (χ0v) is 9.31. The van der Waals surface area contributed by atoms with Crippen molar-refractivity contribution in [3.05, 3.63) is 0 Å². The van der Waals surface area contributed by atoms with Crippen molar-refractivity contribution in [2.75, 3.05) is 12.5 Å². The third kappa shape index (κ3) is 2.61. The van der Waals surface area contributed by atoms with Gasteiger partial charge < -0.3 is 10.4 Å². The van der Waals surface area contributed by atoms with E-state index >= 15 is 0 Å². The molecule has 1 amide bonds. The van der Waals surface area contributed by atoms with Crippen LogP contribution in [0.1, 0.15) is 32.6 Å². The molecule has 1 unspecified atom stereocenters. The second kappa shape index (κ2) is 4.99. The van der Waals surface area contributed by atoms with Gasteiger partial charge in [-0.05, 0) is 12.8 Å². The van der Waals surface area contributed by atoms with E-state index in [0.29, 0.717) is 5.88 Å². The molecule has 1 rings (SSSR count). The molecule has 1 fully saturated rings. The fourth-order valence-electron chi connectivity index (χ4n) is 1.83. The van der Waals surface area contributed by atoms with Gasteiger partial charge in [-0.1, -0.05) is 19.8 Å². The van der Waals surface area contributed by atoms with Gasteiger partial charge in [0.1, 0.15) is 0 Å². The average molecular weight is 220 g/mol. The zero-order chi connectivity index (χ0) is 10.6. The maximum absolute atomic E-state index is 11.6. The topological polar surface area (TPSA) is 49.3 Å². The van der Waals surface area contributed by atoms with E-state index < -0.39 is 0 Å². The van der Waals surface area contributed by atoms with Gasteiger partial charge >= 0.3 is 0 Å². The molecule has 0 saturated heterocycles. The Hall–Kier alpha value is -0.280. The summed E-state index contributed by atoms with van der Waals surface area (Å²) in [5, 5.41) is 12.2. The number of alkyl halides is 1. The van der Waals surface area contributed by atoms with Gasteiger partial charge in [0.05, 0.1) is 12.1 Å². The number of nitrogens with one attached hydrogen (secondary N) is 1. The summed E-state index contributed by atoms with van der Waals surface area (Å²) in [7, 11) is 0. The standard InChI is InChI=1S/C10H18ClNO2/c1-8(6-11)9(14)12-10(7-13)4-2-3-5-10/h8,13H,2-7H2,1H3,(H,12,14). The maximum Gasteiger partial charge on any atom is 0.224 e. The van der Waals surface area contributed by atoms with E-state index in [1.807, 2.05) is 0 Å². The molecule has 1 atom stereocenters. The summed E-state index contributed by atoms with van der Waals surface area (Å²) in [6.45, 7) is 1.83. The molecule has 0 aromatic carbocycles. The van der Waals surface area contributed by atoms with Crippen LogP contribution in [0.5, 0.6) is 0 Å². The first-order chi connectivity index (χ1) is 6.63. The van der Waals surface area contributed by atoms with Crippen molar-refractivity contribution in [2.24, 2.45) is 5.92 Å². The van der Waals surface area contributed by atoms with E-state index in [-0.39, 0.29) is 24.0 Å². The minimum Gasteiger partial charge on any atom is -0.394 e. The fraction of sp³-hybridized carbons (Fsp3) is 0.900. The molecule has 0 aromatic heterocycles. The zero-order valence-electron chi connectivity index (χ0n) is 8.55. The van der Waals surface area contributed by atoms with Gasteiger partial charge in [0.2, 0.25) is 5.91 Å². The molecule has 2 N–H and O–H groups in total. The number of hydrogen-bond donors (Lipinski definition) is 2. The molecule has 0 bridgehead atoms. The van der Waals surface area contributed by atoms with Crippen LogP contribution in [0.3, 0.4) is 0 Å². The second-order valence-corrected chi connectivity index (χ2v) is 4.50. The monoisotopic (exact) mass is 219 g/mol. The van der Waals surface area contributed by atoms with E-state index in [0.717, 1.165) is 25.7 Å². The molecule has 1 aliphatic rings. The molecule has 1 aliphatic carbocycles. The van der Waals surface area contributed by atoms with E-state index in [4.69, 9.17) is 11.6 Å². The van der Waals surface area contributed by atoms with Crippen molar-refractivity contribution in [1.82, 2.24) is 5.32 Å². The third-order valence-electron chi connectivity index (χ3n) is 2.93. The molecular formula is C10H18ClNO2. The van der Waals surface area contributed by atoms with E-state index in [1.54, 1.807) is 6.92 Å². The Morgan fingerprint density at radius 2 is 2.14 bits per heavy atom. The van der Waals surface area contributed by atoms with E-state index in [9.17, 15) is 9.90 Å². The molecule has 14 heavy (non-hydrogen) atoms. The van der Waals surface area contributed by atoms with Gasteiger partial charge in [-0.25, -0.2) is 0 Å². The Balaban J connectivity index is 2.52. The number of carbonyl (C=O) groups excluding carboxylic acids is 1. The summed E-state index contributed by atoms with van der Waals surface area (Å²) in [5.41, 5.74) is -0.364. The number of halogens is 1. The highest BCUT2D eigenvalue weighted by Crippen LogP contribution is 2.29. The lowest BCUT2D eigenvalue weighted by Gasteiger charge is -2.29. The molecule has 0 radical (unpaired) electrons. The molecule has 0 aromatic rings. The lowest BCUT2D eigenvalue weighted by Crippen LogP contribution is -2.51. The van der Waals surface area contributed by atoms with Gasteiger partial charge in [-0.15, -0.1) is 11.6 Å². The molecule has 0 heterocycles. The second-order valence-electron chi connectivity index (χ2n) is 4.19. The Bertz CT molecular complexity index is 202. The summed E-state index contributed by atoms with van der Waals surface area (Å²) in [6.07, 6.45) is 3.92.